The highest BCUT2D eigenvalue weighted by Crippen LogP contribution is 2.37. The molecule has 0 bridgehead atoms. The SMILES string of the molecule is c1ccc(N(c2ccc(-c3ccc(-c4ccc(-n5c6ccccc6c6ccccc65)cc4)cc3)cc2)c2ccc3ccccc3c2)cc1. The normalized spacial score (nSPS) is 11.3. The van der Waals surface area contributed by atoms with Crippen LogP contribution in [0.1, 0.15) is 0 Å². The van der Waals surface area contributed by atoms with E-state index in [2.05, 4.69) is 204 Å². The van der Waals surface area contributed by atoms with Gasteiger partial charge in [-0.05, 0) is 93.7 Å². The maximum absolute atomic E-state index is 2.36. The van der Waals surface area contributed by atoms with E-state index in [1.807, 2.05) is 0 Å². The molecular formula is C46H32N2. The lowest BCUT2D eigenvalue weighted by atomic mass is 9.99. The van der Waals surface area contributed by atoms with Gasteiger partial charge in [-0.1, -0.05) is 133 Å². The highest BCUT2D eigenvalue weighted by Gasteiger charge is 2.14. The second kappa shape index (κ2) is 11.8. The van der Waals surface area contributed by atoms with Crippen molar-refractivity contribution in [1.29, 1.82) is 0 Å². The highest BCUT2D eigenvalue weighted by molar-refractivity contribution is 6.09. The van der Waals surface area contributed by atoms with Crippen molar-refractivity contribution in [2.75, 3.05) is 4.90 Å². The first-order chi connectivity index (χ1) is 23.8. The monoisotopic (exact) mass is 612 g/mol. The Morgan fingerprint density at radius 1 is 0.312 bits per heavy atom. The van der Waals surface area contributed by atoms with Gasteiger partial charge in [0, 0.05) is 33.5 Å². The van der Waals surface area contributed by atoms with Crippen LogP contribution in [0.25, 0.3) is 60.5 Å². The van der Waals surface area contributed by atoms with Crippen LogP contribution in [0.2, 0.25) is 0 Å². The van der Waals surface area contributed by atoms with Crippen LogP contribution in [0.4, 0.5) is 17.1 Å². The smallest absolute Gasteiger partial charge is 0.0541 e. The molecule has 2 nitrogen and oxygen atoms in total. The molecule has 0 aliphatic heterocycles. The zero-order valence-corrected chi connectivity index (χ0v) is 26.4. The zero-order valence-electron chi connectivity index (χ0n) is 26.4. The van der Waals surface area contributed by atoms with Crippen LogP contribution < -0.4 is 4.90 Å². The third-order valence-corrected chi connectivity index (χ3v) is 9.39. The first kappa shape index (κ1) is 27.9. The van der Waals surface area contributed by atoms with Gasteiger partial charge >= 0.3 is 0 Å². The summed E-state index contributed by atoms with van der Waals surface area (Å²) in [6, 6.07) is 69.8. The van der Waals surface area contributed by atoms with Gasteiger partial charge in [-0.3, -0.25) is 0 Å². The second-order valence-corrected chi connectivity index (χ2v) is 12.2. The number of benzene rings is 8. The Hall–Kier alpha value is -6.38. The number of hydrogen-bond donors (Lipinski definition) is 0. The van der Waals surface area contributed by atoms with Crippen molar-refractivity contribution < 1.29 is 0 Å². The third kappa shape index (κ3) is 4.92. The van der Waals surface area contributed by atoms with E-state index < -0.39 is 0 Å². The molecule has 226 valence electrons. The molecule has 0 spiro atoms. The topological polar surface area (TPSA) is 8.17 Å². The molecule has 1 heterocycles. The summed E-state index contributed by atoms with van der Waals surface area (Å²) >= 11 is 0. The van der Waals surface area contributed by atoms with Gasteiger partial charge in [0.1, 0.15) is 0 Å². The minimum atomic E-state index is 1.13. The second-order valence-electron chi connectivity index (χ2n) is 12.2. The lowest BCUT2D eigenvalue weighted by molar-refractivity contribution is 1.18. The Balaban J connectivity index is 0.997. The van der Waals surface area contributed by atoms with Gasteiger partial charge in [0.25, 0.3) is 0 Å². The van der Waals surface area contributed by atoms with E-state index >= 15 is 0 Å². The summed E-state index contributed by atoms with van der Waals surface area (Å²) in [6.07, 6.45) is 0. The van der Waals surface area contributed by atoms with Crippen molar-refractivity contribution >= 4 is 49.6 Å². The molecule has 0 amide bonds. The van der Waals surface area contributed by atoms with Crippen LogP contribution in [-0.4, -0.2) is 4.57 Å². The van der Waals surface area contributed by atoms with Crippen molar-refractivity contribution in [1.82, 2.24) is 4.57 Å². The molecule has 0 saturated heterocycles. The van der Waals surface area contributed by atoms with E-state index in [0.717, 1.165) is 17.1 Å². The minimum absolute atomic E-state index is 1.13. The zero-order chi connectivity index (χ0) is 31.9. The van der Waals surface area contributed by atoms with Gasteiger partial charge in [0.15, 0.2) is 0 Å². The van der Waals surface area contributed by atoms with Gasteiger partial charge in [0.05, 0.1) is 11.0 Å². The maximum atomic E-state index is 2.36. The molecule has 0 aliphatic carbocycles. The predicted octanol–water partition coefficient (Wildman–Crippen LogP) is 12.7. The Labute approximate surface area is 280 Å². The first-order valence-electron chi connectivity index (χ1n) is 16.4. The van der Waals surface area contributed by atoms with Crippen molar-refractivity contribution in [3.05, 3.63) is 194 Å². The lowest BCUT2D eigenvalue weighted by Gasteiger charge is -2.26. The number of nitrogens with zero attached hydrogens (tertiary/aromatic N) is 2. The molecule has 48 heavy (non-hydrogen) atoms. The fraction of sp³-hybridized carbons (Fsp3) is 0. The van der Waals surface area contributed by atoms with Crippen molar-refractivity contribution in [2.24, 2.45) is 0 Å². The molecule has 9 rings (SSSR count). The average Bonchev–Trinajstić information content (AvgIpc) is 3.50. The quantitative estimate of drug-likeness (QED) is 0.181. The van der Waals surface area contributed by atoms with Gasteiger partial charge < -0.3 is 9.47 Å². The molecule has 0 unspecified atom stereocenters. The summed E-state index contributed by atoms with van der Waals surface area (Å²) in [6.45, 7) is 0. The largest absolute Gasteiger partial charge is 0.310 e. The fourth-order valence-corrected chi connectivity index (χ4v) is 7.00. The van der Waals surface area contributed by atoms with E-state index in [1.165, 1.54) is 60.5 Å². The highest BCUT2D eigenvalue weighted by atomic mass is 15.1. The van der Waals surface area contributed by atoms with E-state index in [1.54, 1.807) is 0 Å². The summed E-state index contributed by atoms with van der Waals surface area (Å²) in [5.41, 5.74) is 11.8. The molecule has 0 radical (unpaired) electrons. The van der Waals surface area contributed by atoms with E-state index in [-0.39, 0.29) is 0 Å². The number of fused-ring (bicyclic) bond motifs is 4. The molecule has 0 N–H and O–H groups in total. The third-order valence-electron chi connectivity index (χ3n) is 9.39. The molecule has 0 aliphatic rings. The first-order valence-corrected chi connectivity index (χ1v) is 16.4. The van der Waals surface area contributed by atoms with Crippen LogP contribution >= 0.6 is 0 Å². The van der Waals surface area contributed by atoms with Gasteiger partial charge in [-0.15, -0.1) is 0 Å². The number of para-hydroxylation sites is 3. The Bertz CT molecular complexity index is 2470. The number of anilines is 3. The van der Waals surface area contributed by atoms with Crippen LogP contribution in [-0.2, 0) is 0 Å². The number of aromatic nitrogens is 1. The van der Waals surface area contributed by atoms with Gasteiger partial charge in [-0.2, -0.15) is 0 Å². The average molecular weight is 613 g/mol. The van der Waals surface area contributed by atoms with Crippen LogP contribution in [0.5, 0.6) is 0 Å². The molecule has 0 saturated carbocycles. The standard InChI is InChI=1S/C46H32N2/c1-2-12-39(13-3-1)47(42-31-26-33-10-4-5-11-38(33)32-42)40-27-22-36(23-28-40)34-18-20-35(21-19-34)37-24-29-41(30-25-37)48-45-16-8-6-14-43(45)44-15-7-9-17-46(44)48/h1-32H. The summed E-state index contributed by atoms with van der Waals surface area (Å²) < 4.78 is 2.36. The predicted molar refractivity (Wildman–Crippen MR) is 204 cm³/mol. The van der Waals surface area contributed by atoms with Crippen molar-refractivity contribution in [3.8, 4) is 27.9 Å². The van der Waals surface area contributed by atoms with Crippen molar-refractivity contribution in [2.45, 2.75) is 0 Å². The Kier molecular flexibility index (Phi) is 6.84. The van der Waals surface area contributed by atoms with Crippen LogP contribution in [0, 0.1) is 0 Å². The van der Waals surface area contributed by atoms with E-state index in [9.17, 15) is 0 Å². The molecule has 2 heteroatoms. The fourth-order valence-electron chi connectivity index (χ4n) is 7.00. The summed E-state index contributed by atoms with van der Waals surface area (Å²) in [4.78, 5) is 2.32. The van der Waals surface area contributed by atoms with E-state index in [4.69, 9.17) is 0 Å². The van der Waals surface area contributed by atoms with Crippen molar-refractivity contribution in [3.63, 3.8) is 0 Å². The summed E-state index contributed by atoms with van der Waals surface area (Å²) in [5, 5.41) is 5.03. The summed E-state index contributed by atoms with van der Waals surface area (Å²) in [5.74, 6) is 0. The Morgan fingerprint density at radius 2 is 0.750 bits per heavy atom. The van der Waals surface area contributed by atoms with E-state index in [0.29, 0.717) is 0 Å². The Morgan fingerprint density at radius 3 is 1.35 bits per heavy atom. The lowest BCUT2D eigenvalue weighted by Crippen LogP contribution is -2.09. The van der Waals surface area contributed by atoms with Crippen LogP contribution in [0.3, 0.4) is 0 Å². The number of hydrogen-bond acceptors (Lipinski definition) is 1. The van der Waals surface area contributed by atoms with Gasteiger partial charge in [0.2, 0.25) is 0 Å². The molecule has 8 aromatic carbocycles. The molecule has 1 aromatic heterocycles. The molecular weight excluding hydrogens is 581 g/mol. The molecule has 0 fully saturated rings. The maximum Gasteiger partial charge on any atom is 0.0541 e. The molecule has 0 atom stereocenters. The van der Waals surface area contributed by atoms with Crippen LogP contribution in [0.15, 0.2) is 194 Å². The molecule has 9 aromatic rings. The number of rotatable bonds is 6. The van der Waals surface area contributed by atoms with Gasteiger partial charge in [-0.25, -0.2) is 0 Å². The summed E-state index contributed by atoms with van der Waals surface area (Å²) in [7, 11) is 0. The minimum Gasteiger partial charge on any atom is -0.310 e.